The monoisotopic (exact) mass is 251 g/mol. The van der Waals surface area contributed by atoms with Gasteiger partial charge in [0, 0.05) is 19.2 Å². The number of methoxy groups -OCH3 is 1. The molecule has 0 saturated carbocycles. The van der Waals surface area contributed by atoms with Crippen molar-refractivity contribution in [2.24, 2.45) is 0 Å². The lowest BCUT2D eigenvalue weighted by molar-refractivity contribution is 0.199. The van der Waals surface area contributed by atoms with Gasteiger partial charge < -0.3 is 10.1 Å². The summed E-state index contributed by atoms with van der Waals surface area (Å²) >= 11 is 0. The number of hydrogen-bond donors (Lipinski definition) is 1. The van der Waals surface area contributed by atoms with Gasteiger partial charge in [0.2, 0.25) is 0 Å². The van der Waals surface area contributed by atoms with Crippen LogP contribution in [-0.2, 0) is 4.74 Å². The maximum absolute atomic E-state index is 13.6. The molecule has 0 aliphatic carbocycles. The molecule has 0 radical (unpaired) electrons. The van der Waals surface area contributed by atoms with Gasteiger partial charge in [-0.1, -0.05) is 17.7 Å². The minimum Gasteiger partial charge on any atom is -0.383 e. The van der Waals surface area contributed by atoms with Gasteiger partial charge in [-0.05, 0) is 44.5 Å². The average molecular weight is 251 g/mol. The summed E-state index contributed by atoms with van der Waals surface area (Å²) < 4.78 is 18.6. The maximum Gasteiger partial charge on any atom is 0.130 e. The molecular formula is C15H22FNO. The number of hydrogen-bond acceptors (Lipinski definition) is 2. The Bertz CT molecular complexity index is 401. The van der Waals surface area contributed by atoms with Crippen LogP contribution in [0.3, 0.4) is 0 Å². The molecule has 1 aromatic carbocycles. The smallest absolute Gasteiger partial charge is 0.130 e. The van der Waals surface area contributed by atoms with Gasteiger partial charge in [-0.2, -0.15) is 0 Å². The Hall–Kier alpha value is -1.19. The quantitative estimate of drug-likeness (QED) is 0.752. The number of aryl methyl sites for hydroxylation is 1. The predicted molar refractivity (Wildman–Crippen MR) is 74.2 cm³/mol. The van der Waals surface area contributed by atoms with E-state index >= 15 is 0 Å². The number of allylic oxidation sites excluding steroid dienone is 1. The third-order valence-electron chi connectivity index (χ3n) is 2.80. The lowest BCUT2D eigenvalue weighted by Crippen LogP contribution is -2.19. The van der Waals surface area contributed by atoms with Crippen molar-refractivity contribution < 1.29 is 9.13 Å². The van der Waals surface area contributed by atoms with E-state index in [-0.39, 0.29) is 5.82 Å². The van der Waals surface area contributed by atoms with Gasteiger partial charge in [-0.15, -0.1) is 0 Å². The van der Waals surface area contributed by atoms with E-state index in [9.17, 15) is 4.39 Å². The average Bonchev–Trinajstić information content (AvgIpc) is 2.36. The van der Waals surface area contributed by atoms with E-state index in [0.29, 0.717) is 5.56 Å². The number of halogens is 1. The largest absolute Gasteiger partial charge is 0.383 e. The molecule has 1 rings (SSSR count). The van der Waals surface area contributed by atoms with Crippen molar-refractivity contribution in [1.82, 2.24) is 5.32 Å². The third-order valence-corrected chi connectivity index (χ3v) is 2.80. The van der Waals surface area contributed by atoms with Crippen LogP contribution in [0, 0.1) is 12.7 Å². The van der Waals surface area contributed by atoms with E-state index in [1.165, 1.54) is 6.07 Å². The zero-order chi connectivity index (χ0) is 13.4. The summed E-state index contributed by atoms with van der Waals surface area (Å²) in [7, 11) is 1.69. The molecule has 2 nitrogen and oxygen atoms in total. The highest BCUT2D eigenvalue weighted by Gasteiger charge is 2.03. The molecule has 0 bridgehead atoms. The summed E-state index contributed by atoms with van der Waals surface area (Å²) in [6.45, 7) is 6.38. The van der Waals surface area contributed by atoms with Crippen LogP contribution in [0.4, 0.5) is 4.39 Å². The van der Waals surface area contributed by atoms with Crippen molar-refractivity contribution in [3.8, 4) is 0 Å². The molecule has 0 amide bonds. The summed E-state index contributed by atoms with van der Waals surface area (Å²) in [5.41, 5.74) is 2.77. The van der Waals surface area contributed by atoms with E-state index in [2.05, 4.69) is 11.4 Å². The summed E-state index contributed by atoms with van der Waals surface area (Å²) in [6, 6.07) is 5.21. The summed E-state index contributed by atoms with van der Waals surface area (Å²) in [6.07, 6.45) is 2.96. The molecule has 100 valence electrons. The second kappa shape index (κ2) is 8.01. The van der Waals surface area contributed by atoms with Gasteiger partial charge in [0.05, 0.1) is 6.61 Å². The van der Waals surface area contributed by atoms with Crippen LogP contribution in [0.25, 0.3) is 5.57 Å². The first-order chi connectivity index (χ1) is 8.65. The van der Waals surface area contributed by atoms with Crippen molar-refractivity contribution in [2.45, 2.75) is 20.3 Å². The normalized spacial score (nSPS) is 11.9. The Balaban J connectivity index is 2.47. The lowest BCUT2D eigenvalue weighted by atomic mass is 10.0. The fourth-order valence-electron chi connectivity index (χ4n) is 1.74. The molecule has 0 spiro atoms. The van der Waals surface area contributed by atoms with E-state index in [4.69, 9.17) is 4.74 Å². The number of nitrogens with one attached hydrogen (secondary N) is 1. The standard InChI is InChI=1S/C15H22FNO/c1-12-6-7-15(16)14(11-12)13(2)5-4-8-17-9-10-18-3/h5-7,11,17H,4,8-10H2,1-3H3. The molecule has 0 unspecified atom stereocenters. The number of rotatable bonds is 7. The first kappa shape index (κ1) is 14.9. The zero-order valence-electron chi connectivity index (χ0n) is 11.4. The second-order valence-corrected chi connectivity index (χ2v) is 4.40. The fourth-order valence-corrected chi connectivity index (χ4v) is 1.74. The van der Waals surface area contributed by atoms with Crippen LogP contribution < -0.4 is 5.32 Å². The first-order valence-electron chi connectivity index (χ1n) is 6.28. The highest BCUT2D eigenvalue weighted by Crippen LogP contribution is 2.19. The Labute approximate surface area is 109 Å². The zero-order valence-corrected chi connectivity index (χ0v) is 11.4. The minimum absolute atomic E-state index is 0.151. The van der Waals surface area contributed by atoms with Gasteiger partial charge in [0.25, 0.3) is 0 Å². The van der Waals surface area contributed by atoms with Gasteiger partial charge >= 0.3 is 0 Å². The number of ether oxygens (including phenoxy) is 1. The van der Waals surface area contributed by atoms with Gasteiger partial charge in [0.15, 0.2) is 0 Å². The molecule has 0 aliphatic rings. The Morgan fingerprint density at radius 1 is 1.39 bits per heavy atom. The molecule has 0 aromatic heterocycles. The van der Waals surface area contributed by atoms with Crippen LogP contribution in [0.5, 0.6) is 0 Å². The predicted octanol–water partition coefficient (Wildman–Crippen LogP) is 3.16. The molecule has 1 aromatic rings. The van der Waals surface area contributed by atoms with Crippen molar-refractivity contribution in [1.29, 1.82) is 0 Å². The molecular weight excluding hydrogens is 229 g/mol. The maximum atomic E-state index is 13.6. The highest BCUT2D eigenvalue weighted by atomic mass is 19.1. The number of benzene rings is 1. The summed E-state index contributed by atoms with van der Waals surface area (Å²) in [5.74, 6) is -0.151. The van der Waals surface area contributed by atoms with E-state index in [1.807, 2.05) is 19.9 Å². The molecule has 0 aliphatic heterocycles. The van der Waals surface area contributed by atoms with Crippen LogP contribution in [-0.4, -0.2) is 26.8 Å². The molecule has 0 heterocycles. The van der Waals surface area contributed by atoms with Crippen LogP contribution in [0.15, 0.2) is 24.3 Å². The molecule has 18 heavy (non-hydrogen) atoms. The fraction of sp³-hybridized carbons (Fsp3) is 0.467. The summed E-state index contributed by atoms with van der Waals surface area (Å²) in [4.78, 5) is 0. The Morgan fingerprint density at radius 2 is 2.17 bits per heavy atom. The molecule has 0 atom stereocenters. The highest BCUT2D eigenvalue weighted by molar-refractivity contribution is 5.64. The summed E-state index contributed by atoms with van der Waals surface area (Å²) in [5, 5.41) is 3.26. The second-order valence-electron chi connectivity index (χ2n) is 4.40. The van der Waals surface area contributed by atoms with Crippen molar-refractivity contribution >= 4 is 5.57 Å². The molecule has 1 N–H and O–H groups in total. The van der Waals surface area contributed by atoms with Gasteiger partial charge in [-0.3, -0.25) is 0 Å². The Kier molecular flexibility index (Phi) is 6.61. The SMILES string of the molecule is COCCNCCC=C(C)c1cc(C)ccc1F. The first-order valence-corrected chi connectivity index (χ1v) is 6.28. The van der Waals surface area contributed by atoms with Gasteiger partial charge in [-0.25, -0.2) is 4.39 Å². The van der Waals surface area contributed by atoms with Crippen molar-refractivity contribution in [2.75, 3.05) is 26.8 Å². The van der Waals surface area contributed by atoms with Crippen LogP contribution in [0.2, 0.25) is 0 Å². The van der Waals surface area contributed by atoms with Crippen molar-refractivity contribution in [3.05, 3.63) is 41.2 Å². The van der Waals surface area contributed by atoms with E-state index < -0.39 is 0 Å². The lowest BCUT2D eigenvalue weighted by Gasteiger charge is -2.06. The third kappa shape index (κ3) is 4.98. The molecule has 0 fully saturated rings. The minimum atomic E-state index is -0.151. The molecule has 3 heteroatoms. The van der Waals surface area contributed by atoms with Crippen LogP contribution in [0.1, 0.15) is 24.5 Å². The molecule has 0 saturated heterocycles. The van der Waals surface area contributed by atoms with Crippen LogP contribution >= 0.6 is 0 Å². The Morgan fingerprint density at radius 3 is 2.89 bits per heavy atom. The van der Waals surface area contributed by atoms with E-state index in [1.54, 1.807) is 13.2 Å². The van der Waals surface area contributed by atoms with Gasteiger partial charge in [0.1, 0.15) is 5.82 Å². The van der Waals surface area contributed by atoms with E-state index in [0.717, 1.165) is 37.3 Å². The van der Waals surface area contributed by atoms with Crippen molar-refractivity contribution in [3.63, 3.8) is 0 Å². The topological polar surface area (TPSA) is 21.3 Å².